The second-order valence-electron chi connectivity index (χ2n) is 5.75. The summed E-state index contributed by atoms with van der Waals surface area (Å²) in [5.41, 5.74) is 4.06. The van der Waals surface area contributed by atoms with Crippen LogP contribution in [-0.2, 0) is 0 Å². The normalized spacial score (nSPS) is 11.7. The summed E-state index contributed by atoms with van der Waals surface area (Å²) in [5, 5.41) is 15.6. The lowest BCUT2D eigenvalue weighted by atomic mass is 10.1. The molecule has 0 saturated heterocycles. The van der Waals surface area contributed by atoms with Crippen molar-refractivity contribution in [3.8, 4) is 16.6 Å². The van der Waals surface area contributed by atoms with Crippen molar-refractivity contribution in [2.75, 3.05) is 0 Å². The van der Waals surface area contributed by atoms with E-state index >= 15 is 0 Å². The zero-order valence-corrected chi connectivity index (χ0v) is 16.1. The van der Waals surface area contributed by atoms with Crippen LogP contribution in [0.2, 0.25) is 5.15 Å². The van der Waals surface area contributed by atoms with Gasteiger partial charge in [0.25, 0.3) is 0 Å². The lowest BCUT2D eigenvalue weighted by Gasteiger charge is -2.04. The van der Waals surface area contributed by atoms with E-state index in [0.717, 1.165) is 27.0 Å². The first kappa shape index (κ1) is 16.9. The van der Waals surface area contributed by atoms with Gasteiger partial charge in [0.1, 0.15) is 16.2 Å². The molecule has 0 saturated carbocycles. The maximum atomic E-state index is 9.61. The number of halogens is 1. The quantitative estimate of drug-likeness (QED) is 0.297. The van der Waals surface area contributed by atoms with E-state index in [1.54, 1.807) is 17.4 Å². The van der Waals surface area contributed by atoms with Gasteiger partial charge in [-0.15, -0.1) is 22.7 Å². The van der Waals surface area contributed by atoms with Gasteiger partial charge in [0.15, 0.2) is 0 Å². The lowest BCUT2D eigenvalue weighted by molar-refractivity contribution is 1.37. The Kier molecular flexibility index (Phi) is 4.56. The molecule has 1 aromatic carbocycles. The van der Waals surface area contributed by atoms with Crippen molar-refractivity contribution in [2.45, 2.75) is 6.92 Å². The van der Waals surface area contributed by atoms with E-state index in [1.807, 2.05) is 54.1 Å². The third kappa shape index (κ3) is 3.27. The zero-order chi connectivity index (χ0) is 18.1. The number of thiophene rings is 1. The van der Waals surface area contributed by atoms with Crippen LogP contribution in [0.3, 0.4) is 0 Å². The average molecular weight is 394 g/mol. The molecule has 0 spiro atoms. The van der Waals surface area contributed by atoms with Gasteiger partial charge in [-0.25, -0.2) is 9.97 Å². The molecule has 126 valence electrons. The summed E-state index contributed by atoms with van der Waals surface area (Å²) in [7, 11) is 0. The van der Waals surface area contributed by atoms with Crippen LogP contribution in [0.1, 0.15) is 16.1 Å². The molecule has 0 radical (unpaired) electrons. The highest BCUT2D eigenvalue weighted by Crippen LogP contribution is 2.31. The number of hydrogen-bond donors (Lipinski definition) is 0. The van der Waals surface area contributed by atoms with Gasteiger partial charge in [-0.05, 0) is 42.1 Å². The van der Waals surface area contributed by atoms with E-state index in [4.69, 9.17) is 11.6 Å². The van der Waals surface area contributed by atoms with Crippen molar-refractivity contribution in [1.29, 1.82) is 5.26 Å². The van der Waals surface area contributed by atoms with Crippen LogP contribution in [-0.4, -0.2) is 9.97 Å². The zero-order valence-electron chi connectivity index (χ0n) is 13.7. The van der Waals surface area contributed by atoms with Gasteiger partial charge >= 0.3 is 0 Å². The third-order valence-corrected chi connectivity index (χ3v) is 5.95. The standard InChI is InChI=1S/C20H12ClN3S2/c1-12-4-5-13-8-14(19(21)23-16(13)7-12)9-15(10-22)20-24-17(11-26-20)18-3-2-6-25-18/h2-9,11H,1H3/b15-9+. The molecule has 3 heterocycles. The summed E-state index contributed by atoms with van der Waals surface area (Å²) < 4.78 is 0. The fourth-order valence-electron chi connectivity index (χ4n) is 2.60. The molecule has 0 N–H and O–H groups in total. The first-order valence-electron chi connectivity index (χ1n) is 7.82. The molecule has 26 heavy (non-hydrogen) atoms. The second kappa shape index (κ2) is 7.00. The summed E-state index contributed by atoms with van der Waals surface area (Å²) in [6.07, 6.45) is 1.76. The van der Waals surface area contributed by atoms with Gasteiger partial charge in [-0.2, -0.15) is 5.26 Å². The Morgan fingerprint density at radius 1 is 1.19 bits per heavy atom. The number of rotatable bonds is 3. The largest absolute Gasteiger partial charge is 0.235 e. The maximum absolute atomic E-state index is 9.61. The van der Waals surface area contributed by atoms with E-state index in [2.05, 4.69) is 16.0 Å². The first-order valence-corrected chi connectivity index (χ1v) is 9.96. The SMILES string of the molecule is Cc1ccc2cc(/C=C(\C#N)c3nc(-c4cccs4)cs3)c(Cl)nc2c1. The summed E-state index contributed by atoms with van der Waals surface area (Å²) in [6.45, 7) is 2.02. The molecule has 0 aliphatic heterocycles. The molecule has 0 bridgehead atoms. The van der Waals surface area contributed by atoms with Gasteiger partial charge in [-0.3, -0.25) is 0 Å². The molecule has 0 amide bonds. The number of fused-ring (bicyclic) bond motifs is 1. The Bertz CT molecular complexity index is 1170. The van der Waals surface area contributed by atoms with Gasteiger partial charge in [-0.1, -0.05) is 29.8 Å². The number of hydrogen-bond acceptors (Lipinski definition) is 5. The number of aryl methyl sites for hydroxylation is 1. The number of nitrogens with zero attached hydrogens (tertiary/aromatic N) is 3. The molecule has 0 atom stereocenters. The fraction of sp³-hybridized carbons (Fsp3) is 0.0500. The molecule has 0 fully saturated rings. The molecule has 4 aromatic rings. The molecule has 3 aromatic heterocycles. The van der Waals surface area contributed by atoms with E-state index in [1.165, 1.54) is 11.3 Å². The van der Waals surface area contributed by atoms with Crippen molar-refractivity contribution in [1.82, 2.24) is 9.97 Å². The van der Waals surface area contributed by atoms with Crippen LogP contribution in [0, 0.1) is 18.3 Å². The molecule has 4 rings (SSSR count). The average Bonchev–Trinajstić information content (AvgIpc) is 3.31. The topological polar surface area (TPSA) is 49.6 Å². The highest BCUT2D eigenvalue weighted by Gasteiger charge is 2.11. The Morgan fingerprint density at radius 3 is 2.85 bits per heavy atom. The monoisotopic (exact) mass is 393 g/mol. The fourth-order valence-corrected chi connectivity index (χ4v) is 4.35. The van der Waals surface area contributed by atoms with Gasteiger partial charge in [0.05, 0.1) is 21.7 Å². The van der Waals surface area contributed by atoms with Crippen molar-refractivity contribution in [3.63, 3.8) is 0 Å². The summed E-state index contributed by atoms with van der Waals surface area (Å²) in [4.78, 5) is 10.1. The summed E-state index contributed by atoms with van der Waals surface area (Å²) >= 11 is 9.43. The molecule has 0 aliphatic carbocycles. The number of allylic oxidation sites excluding steroid dienone is 1. The van der Waals surface area contributed by atoms with Crippen molar-refractivity contribution < 1.29 is 0 Å². The van der Waals surface area contributed by atoms with Crippen molar-refractivity contribution in [3.05, 3.63) is 68.4 Å². The van der Waals surface area contributed by atoms with Crippen molar-refractivity contribution >= 4 is 56.8 Å². The minimum absolute atomic E-state index is 0.380. The minimum Gasteiger partial charge on any atom is -0.235 e. The lowest BCUT2D eigenvalue weighted by Crippen LogP contribution is -1.87. The predicted octanol–water partition coefficient (Wildman–Crippen LogP) is 6.45. The van der Waals surface area contributed by atoms with Crippen LogP contribution >= 0.6 is 34.3 Å². The Morgan fingerprint density at radius 2 is 2.08 bits per heavy atom. The molecule has 6 heteroatoms. The molecule has 0 unspecified atom stereocenters. The summed E-state index contributed by atoms with van der Waals surface area (Å²) in [6, 6.07) is 14.2. The second-order valence-corrected chi connectivity index (χ2v) is 7.91. The predicted molar refractivity (Wildman–Crippen MR) is 110 cm³/mol. The Balaban J connectivity index is 1.76. The van der Waals surface area contributed by atoms with Crippen LogP contribution in [0.5, 0.6) is 0 Å². The van der Waals surface area contributed by atoms with Gasteiger partial charge < -0.3 is 0 Å². The number of nitriles is 1. The van der Waals surface area contributed by atoms with Crippen molar-refractivity contribution in [2.24, 2.45) is 0 Å². The Hall–Kier alpha value is -2.52. The molecular weight excluding hydrogens is 382 g/mol. The van der Waals surface area contributed by atoms with Gasteiger partial charge in [0.2, 0.25) is 0 Å². The molecule has 0 aliphatic rings. The molecule has 3 nitrogen and oxygen atoms in total. The number of aromatic nitrogens is 2. The first-order chi connectivity index (χ1) is 12.6. The number of pyridine rings is 1. The van der Waals surface area contributed by atoms with Crippen LogP contribution in [0.25, 0.3) is 33.1 Å². The highest BCUT2D eigenvalue weighted by molar-refractivity contribution is 7.14. The minimum atomic E-state index is 0.380. The number of thiazole rings is 1. The molecular formula is C20H12ClN3S2. The van der Waals surface area contributed by atoms with Crippen LogP contribution in [0.4, 0.5) is 0 Å². The van der Waals surface area contributed by atoms with Crippen LogP contribution in [0.15, 0.2) is 47.2 Å². The Labute approximate surface area is 163 Å². The number of benzene rings is 1. The maximum Gasteiger partial charge on any atom is 0.137 e. The van der Waals surface area contributed by atoms with E-state index < -0.39 is 0 Å². The highest BCUT2D eigenvalue weighted by atomic mass is 35.5. The third-order valence-electron chi connectivity index (χ3n) is 3.88. The summed E-state index contributed by atoms with van der Waals surface area (Å²) in [5.74, 6) is 0. The van der Waals surface area contributed by atoms with E-state index in [-0.39, 0.29) is 0 Å². The van der Waals surface area contributed by atoms with Gasteiger partial charge in [0, 0.05) is 16.3 Å². The van der Waals surface area contributed by atoms with E-state index in [0.29, 0.717) is 21.3 Å². The van der Waals surface area contributed by atoms with E-state index in [9.17, 15) is 5.26 Å². The smallest absolute Gasteiger partial charge is 0.137 e. The van der Waals surface area contributed by atoms with Crippen LogP contribution < -0.4 is 0 Å².